The molecule has 4 nitrogen and oxygen atoms in total. The van der Waals surface area contributed by atoms with E-state index in [4.69, 9.17) is 0 Å². The van der Waals surface area contributed by atoms with Crippen molar-refractivity contribution in [2.75, 3.05) is 31.1 Å². The number of aryl methyl sites for hydroxylation is 1. The molecule has 1 aliphatic heterocycles. The topological polar surface area (TPSA) is 49.4 Å². The van der Waals surface area contributed by atoms with Gasteiger partial charge in [-0.3, -0.25) is 9.59 Å². The van der Waals surface area contributed by atoms with Crippen LogP contribution in [0.5, 0.6) is 0 Å². The minimum Gasteiger partial charge on any atom is -0.332 e. The van der Waals surface area contributed by atoms with Gasteiger partial charge in [0.2, 0.25) is 5.91 Å². The second-order valence-corrected chi connectivity index (χ2v) is 7.67. The number of rotatable bonds is 7. The summed E-state index contributed by atoms with van der Waals surface area (Å²) in [5, 5.41) is 3.39. The van der Waals surface area contributed by atoms with E-state index in [0.29, 0.717) is 23.6 Å². The molecule has 1 amide bonds. The number of Topliss-reactive ketones (excluding diaryl/α,β-unsaturated/α-hetero) is 1. The van der Waals surface area contributed by atoms with Crippen LogP contribution in [0.2, 0.25) is 0 Å². The summed E-state index contributed by atoms with van der Waals surface area (Å²) in [7, 11) is 0. The molecule has 2 aromatic carbocycles. The lowest BCUT2D eigenvalue weighted by molar-refractivity contribution is -0.131. The Labute approximate surface area is 177 Å². The maximum Gasteiger partial charge on any atom is 0.233 e. The molecule has 0 aromatic heterocycles. The highest BCUT2D eigenvalue weighted by atomic mass is 35.5. The van der Waals surface area contributed by atoms with Crippen LogP contribution in [0.25, 0.3) is 0 Å². The van der Waals surface area contributed by atoms with E-state index in [9.17, 15) is 9.59 Å². The molecule has 0 bridgehead atoms. The van der Waals surface area contributed by atoms with Crippen molar-refractivity contribution < 1.29 is 9.59 Å². The van der Waals surface area contributed by atoms with Gasteiger partial charge in [-0.15, -0.1) is 24.2 Å². The lowest BCUT2D eigenvalue weighted by Crippen LogP contribution is -2.49. The van der Waals surface area contributed by atoms with Gasteiger partial charge in [-0.1, -0.05) is 61.5 Å². The van der Waals surface area contributed by atoms with Gasteiger partial charge in [0, 0.05) is 25.2 Å². The van der Waals surface area contributed by atoms with Gasteiger partial charge in [-0.25, -0.2) is 0 Å². The molecule has 150 valence electrons. The molecule has 6 heteroatoms. The van der Waals surface area contributed by atoms with Crippen molar-refractivity contribution in [3.63, 3.8) is 0 Å². The Hall–Kier alpha value is -1.82. The van der Waals surface area contributed by atoms with Crippen LogP contribution in [-0.2, 0) is 11.2 Å². The molecule has 1 heterocycles. The van der Waals surface area contributed by atoms with Crippen LogP contribution in [0.1, 0.15) is 34.5 Å². The van der Waals surface area contributed by atoms with Gasteiger partial charge in [0.15, 0.2) is 5.78 Å². The van der Waals surface area contributed by atoms with E-state index in [0.717, 1.165) is 25.1 Å². The molecule has 1 saturated heterocycles. The fraction of sp³-hybridized carbons (Fsp3) is 0.364. The van der Waals surface area contributed by atoms with E-state index in [1.165, 1.54) is 17.3 Å². The zero-order valence-corrected chi connectivity index (χ0v) is 17.7. The molecule has 0 spiro atoms. The molecule has 0 radical (unpaired) electrons. The normalized spacial score (nSPS) is 16.3. The van der Waals surface area contributed by atoms with Gasteiger partial charge in [0.05, 0.1) is 17.5 Å². The fourth-order valence-corrected chi connectivity index (χ4v) is 4.09. The number of nitrogens with one attached hydrogen (secondary N) is 1. The summed E-state index contributed by atoms with van der Waals surface area (Å²) < 4.78 is 0. The Morgan fingerprint density at radius 3 is 2.46 bits per heavy atom. The third kappa shape index (κ3) is 5.84. The summed E-state index contributed by atoms with van der Waals surface area (Å²) in [6.45, 7) is 4.42. The van der Waals surface area contributed by atoms with E-state index in [1.54, 1.807) is 0 Å². The highest BCUT2D eigenvalue weighted by Crippen LogP contribution is 2.24. The molecule has 0 aliphatic carbocycles. The van der Waals surface area contributed by atoms with Crippen LogP contribution in [-0.4, -0.2) is 47.7 Å². The highest BCUT2D eigenvalue weighted by molar-refractivity contribution is 8.00. The Balaban J connectivity index is 0.00000280. The molecule has 1 unspecified atom stereocenters. The van der Waals surface area contributed by atoms with Crippen LogP contribution in [0.3, 0.4) is 0 Å². The third-order valence-electron chi connectivity index (χ3n) is 4.89. The predicted molar refractivity (Wildman–Crippen MR) is 118 cm³/mol. The van der Waals surface area contributed by atoms with E-state index >= 15 is 0 Å². The van der Waals surface area contributed by atoms with Crippen molar-refractivity contribution in [3.8, 4) is 0 Å². The van der Waals surface area contributed by atoms with Gasteiger partial charge in [0.1, 0.15) is 0 Å². The summed E-state index contributed by atoms with van der Waals surface area (Å²) in [5.41, 5.74) is 3.17. The van der Waals surface area contributed by atoms with Crippen LogP contribution in [0.15, 0.2) is 54.6 Å². The number of amides is 1. The summed E-state index contributed by atoms with van der Waals surface area (Å²) in [6.07, 6.45) is 1.01. The van der Waals surface area contributed by atoms with E-state index in [1.807, 2.05) is 35.2 Å². The molecule has 1 aliphatic rings. The molecule has 28 heavy (non-hydrogen) atoms. The Kier molecular flexibility index (Phi) is 9.03. The summed E-state index contributed by atoms with van der Waals surface area (Å²) >= 11 is 1.40. The van der Waals surface area contributed by atoms with Crippen LogP contribution in [0.4, 0.5) is 0 Å². The second kappa shape index (κ2) is 11.2. The number of carbonyl (C=O) groups excluding carboxylic acids is 2. The van der Waals surface area contributed by atoms with Gasteiger partial charge in [-0.05, 0) is 17.5 Å². The summed E-state index contributed by atoms with van der Waals surface area (Å²) in [4.78, 5) is 26.9. The zero-order valence-electron chi connectivity index (χ0n) is 16.1. The first-order valence-corrected chi connectivity index (χ1v) is 10.6. The van der Waals surface area contributed by atoms with Crippen molar-refractivity contribution >= 4 is 35.9 Å². The van der Waals surface area contributed by atoms with Crippen molar-refractivity contribution in [1.29, 1.82) is 0 Å². The van der Waals surface area contributed by atoms with E-state index in [2.05, 4.69) is 36.5 Å². The molecule has 1 atom stereocenters. The minimum absolute atomic E-state index is 0. The fourth-order valence-electron chi connectivity index (χ4n) is 3.30. The first kappa shape index (κ1) is 22.5. The largest absolute Gasteiger partial charge is 0.332 e. The predicted octanol–water partition coefficient (Wildman–Crippen LogP) is 3.76. The maximum atomic E-state index is 12.8. The quantitative estimate of drug-likeness (QED) is 0.695. The second-order valence-electron chi connectivity index (χ2n) is 6.68. The number of halogens is 1. The number of piperazine rings is 1. The first-order valence-electron chi connectivity index (χ1n) is 9.44. The Bertz CT molecular complexity index is 768. The number of thioether (sulfide) groups is 1. The number of carbonyl (C=O) groups is 2. The summed E-state index contributed by atoms with van der Waals surface area (Å²) in [6, 6.07) is 17.8. The number of hydrogen-bond donors (Lipinski definition) is 1. The molecular formula is C22H27ClN2O2S. The van der Waals surface area contributed by atoms with Gasteiger partial charge in [-0.2, -0.15) is 0 Å². The number of nitrogens with zero attached hydrogens (tertiary/aromatic N) is 1. The smallest absolute Gasteiger partial charge is 0.233 e. The van der Waals surface area contributed by atoms with Gasteiger partial charge >= 0.3 is 0 Å². The number of benzene rings is 2. The molecule has 0 saturated carbocycles. The molecule has 2 aromatic rings. The Morgan fingerprint density at radius 2 is 1.79 bits per heavy atom. The van der Waals surface area contributed by atoms with Crippen LogP contribution >= 0.6 is 24.2 Å². The van der Waals surface area contributed by atoms with Gasteiger partial charge in [0.25, 0.3) is 0 Å². The van der Waals surface area contributed by atoms with E-state index < -0.39 is 0 Å². The van der Waals surface area contributed by atoms with Crippen molar-refractivity contribution in [2.45, 2.75) is 19.4 Å². The van der Waals surface area contributed by atoms with Gasteiger partial charge < -0.3 is 10.2 Å². The lowest BCUT2D eigenvalue weighted by atomic mass is 10.0. The molecule has 1 fully saturated rings. The van der Waals surface area contributed by atoms with Crippen molar-refractivity contribution in [1.82, 2.24) is 10.2 Å². The Morgan fingerprint density at radius 1 is 1.07 bits per heavy atom. The third-order valence-corrected chi connectivity index (χ3v) is 5.81. The SMILES string of the molecule is CCc1ccc(C2CNCCN2C(=O)CSCC(=O)c2ccccc2)cc1.Cl. The average molecular weight is 419 g/mol. The molecule has 1 N–H and O–H groups in total. The van der Waals surface area contributed by atoms with E-state index in [-0.39, 0.29) is 30.1 Å². The monoisotopic (exact) mass is 418 g/mol. The van der Waals surface area contributed by atoms with Crippen molar-refractivity contribution in [2.24, 2.45) is 0 Å². The highest BCUT2D eigenvalue weighted by Gasteiger charge is 2.27. The van der Waals surface area contributed by atoms with Crippen LogP contribution in [0, 0.1) is 0 Å². The van der Waals surface area contributed by atoms with Crippen LogP contribution < -0.4 is 5.32 Å². The molecule has 3 rings (SSSR count). The molecular weight excluding hydrogens is 392 g/mol. The lowest BCUT2D eigenvalue weighted by Gasteiger charge is -2.36. The standard InChI is InChI=1S/C22H26N2O2S.ClH/c1-2-17-8-10-18(11-9-17)20-14-23-12-13-24(20)22(26)16-27-15-21(25)19-6-4-3-5-7-19;/h3-11,20,23H,2,12-16H2,1H3;1H. The number of ketones is 1. The van der Waals surface area contributed by atoms with Crippen molar-refractivity contribution in [3.05, 3.63) is 71.3 Å². The maximum absolute atomic E-state index is 12.8. The average Bonchev–Trinajstić information content (AvgIpc) is 2.74. The zero-order chi connectivity index (χ0) is 19.1. The first-order chi connectivity index (χ1) is 13.2. The number of hydrogen-bond acceptors (Lipinski definition) is 4. The minimum atomic E-state index is 0. The summed E-state index contributed by atoms with van der Waals surface area (Å²) in [5.74, 6) is 0.840.